The summed E-state index contributed by atoms with van der Waals surface area (Å²) in [6.45, 7) is -0.730. The highest BCUT2D eigenvalue weighted by atomic mass is 35.5. The number of benzene rings is 2. The van der Waals surface area contributed by atoms with Crippen molar-refractivity contribution in [2.75, 3.05) is 6.61 Å². The average molecular weight is 378 g/mol. The van der Waals surface area contributed by atoms with Crippen LogP contribution in [0.4, 0.5) is 5.69 Å². The van der Waals surface area contributed by atoms with Gasteiger partial charge in [-0.3, -0.25) is 30.6 Å². The molecule has 134 valence electrons. The van der Waals surface area contributed by atoms with E-state index < -0.39 is 35.0 Å². The average Bonchev–Trinajstić information content (AvgIpc) is 2.64. The van der Waals surface area contributed by atoms with Crippen molar-refractivity contribution in [3.8, 4) is 0 Å². The number of halogens is 1. The molecule has 0 aliphatic heterocycles. The highest BCUT2D eigenvalue weighted by Gasteiger charge is 2.21. The van der Waals surface area contributed by atoms with E-state index in [1.165, 1.54) is 42.5 Å². The smallest absolute Gasteiger partial charge is 0.345 e. The minimum absolute atomic E-state index is 0.256. The molecule has 0 bridgehead atoms. The molecule has 0 spiro atoms. The van der Waals surface area contributed by atoms with Crippen LogP contribution in [0.25, 0.3) is 0 Å². The molecule has 0 saturated carbocycles. The summed E-state index contributed by atoms with van der Waals surface area (Å²) in [6.07, 6.45) is 0. The number of nitro benzene ring substituents is 1. The second-order valence-electron chi connectivity index (χ2n) is 4.86. The van der Waals surface area contributed by atoms with Gasteiger partial charge in [-0.15, -0.1) is 0 Å². The van der Waals surface area contributed by atoms with Crippen LogP contribution in [0.15, 0.2) is 48.5 Å². The maximum atomic E-state index is 11.9. The van der Waals surface area contributed by atoms with Crippen molar-refractivity contribution in [2.24, 2.45) is 0 Å². The zero-order valence-electron chi connectivity index (χ0n) is 13.1. The quantitative estimate of drug-likeness (QED) is 0.465. The Bertz CT molecular complexity index is 853. The van der Waals surface area contributed by atoms with Crippen LogP contribution in [-0.4, -0.2) is 29.3 Å². The molecule has 2 rings (SSSR count). The zero-order chi connectivity index (χ0) is 19.1. The summed E-state index contributed by atoms with van der Waals surface area (Å²) in [7, 11) is 0. The van der Waals surface area contributed by atoms with E-state index in [1.807, 2.05) is 0 Å². The first kappa shape index (κ1) is 18.9. The number of ether oxygens (including phenoxy) is 1. The maximum Gasteiger partial charge on any atom is 0.345 e. The van der Waals surface area contributed by atoms with E-state index in [0.717, 1.165) is 6.07 Å². The SMILES string of the molecule is O=C(COC(=O)c1ccccc1[N+](=O)[O-])NNC(=O)c1ccc(Cl)cc1. The summed E-state index contributed by atoms with van der Waals surface area (Å²) < 4.78 is 4.71. The van der Waals surface area contributed by atoms with Gasteiger partial charge >= 0.3 is 5.97 Å². The molecule has 2 amide bonds. The predicted molar refractivity (Wildman–Crippen MR) is 90.4 cm³/mol. The van der Waals surface area contributed by atoms with E-state index >= 15 is 0 Å². The molecule has 0 saturated heterocycles. The Morgan fingerprint density at radius 2 is 1.69 bits per heavy atom. The number of carbonyl (C=O) groups is 3. The largest absolute Gasteiger partial charge is 0.452 e. The van der Waals surface area contributed by atoms with Gasteiger partial charge < -0.3 is 4.74 Å². The first-order chi connectivity index (χ1) is 12.4. The van der Waals surface area contributed by atoms with E-state index in [4.69, 9.17) is 16.3 Å². The Morgan fingerprint density at radius 1 is 1.04 bits per heavy atom. The van der Waals surface area contributed by atoms with Crippen molar-refractivity contribution in [3.63, 3.8) is 0 Å². The van der Waals surface area contributed by atoms with Crippen LogP contribution in [0, 0.1) is 10.1 Å². The Labute approximate surface area is 152 Å². The van der Waals surface area contributed by atoms with Crippen molar-refractivity contribution >= 4 is 35.1 Å². The summed E-state index contributed by atoms with van der Waals surface area (Å²) in [4.78, 5) is 45.4. The first-order valence-electron chi connectivity index (χ1n) is 7.14. The second kappa shape index (κ2) is 8.58. The number of hydrogen-bond acceptors (Lipinski definition) is 6. The van der Waals surface area contributed by atoms with Gasteiger partial charge in [0.15, 0.2) is 6.61 Å². The van der Waals surface area contributed by atoms with E-state index in [1.54, 1.807) is 0 Å². The van der Waals surface area contributed by atoms with Gasteiger partial charge in [0.1, 0.15) is 5.56 Å². The minimum Gasteiger partial charge on any atom is -0.452 e. The number of rotatable bonds is 5. The highest BCUT2D eigenvalue weighted by Crippen LogP contribution is 2.18. The molecule has 0 atom stereocenters. The molecular formula is C16H12ClN3O6. The van der Waals surface area contributed by atoms with Gasteiger partial charge in [0, 0.05) is 16.7 Å². The first-order valence-corrected chi connectivity index (χ1v) is 7.51. The fraction of sp³-hybridized carbons (Fsp3) is 0.0625. The third-order valence-corrected chi connectivity index (χ3v) is 3.33. The van der Waals surface area contributed by atoms with E-state index in [2.05, 4.69) is 10.9 Å². The number of carbonyl (C=O) groups excluding carboxylic acids is 3. The molecule has 10 heteroatoms. The van der Waals surface area contributed by atoms with Gasteiger partial charge in [0.05, 0.1) is 4.92 Å². The van der Waals surface area contributed by atoms with Crippen LogP contribution in [0.1, 0.15) is 20.7 Å². The van der Waals surface area contributed by atoms with Crippen molar-refractivity contribution in [1.82, 2.24) is 10.9 Å². The van der Waals surface area contributed by atoms with Crippen LogP contribution in [-0.2, 0) is 9.53 Å². The lowest BCUT2D eigenvalue weighted by atomic mass is 10.2. The van der Waals surface area contributed by atoms with Crippen molar-refractivity contribution in [3.05, 3.63) is 74.8 Å². The van der Waals surface area contributed by atoms with Crippen molar-refractivity contribution in [1.29, 1.82) is 0 Å². The molecule has 0 aliphatic rings. The van der Waals surface area contributed by atoms with Gasteiger partial charge in [-0.25, -0.2) is 4.79 Å². The Kier molecular flexibility index (Phi) is 6.23. The number of nitrogens with zero attached hydrogens (tertiary/aromatic N) is 1. The second-order valence-corrected chi connectivity index (χ2v) is 5.30. The van der Waals surface area contributed by atoms with Gasteiger partial charge in [-0.05, 0) is 30.3 Å². The summed E-state index contributed by atoms with van der Waals surface area (Å²) >= 11 is 5.70. The predicted octanol–water partition coefficient (Wildman–Crippen LogP) is 1.87. The number of amides is 2. The van der Waals surface area contributed by atoms with Gasteiger partial charge in [0.2, 0.25) is 0 Å². The summed E-state index contributed by atoms with van der Waals surface area (Å²) in [5, 5.41) is 11.3. The normalized spacial score (nSPS) is 9.88. The number of hydrogen-bond donors (Lipinski definition) is 2. The van der Waals surface area contributed by atoms with Crippen LogP contribution in [0.3, 0.4) is 0 Å². The third kappa shape index (κ3) is 5.02. The molecule has 0 aliphatic carbocycles. The maximum absolute atomic E-state index is 11.9. The lowest BCUT2D eigenvalue weighted by Crippen LogP contribution is -2.43. The molecule has 0 aromatic heterocycles. The number of hydrazine groups is 1. The molecular weight excluding hydrogens is 366 g/mol. The molecule has 0 radical (unpaired) electrons. The minimum atomic E-state index is -1.03. The third-order valence-electron chi connectivity index (χ3n) is 3.08. The molecule has 9 nitrogen and oxygen atoms in total. The molecule has 0 heterocycles. The number of para-hydroxylation sites is 1. The lowest BCUT2D eigenvalue weighted by molar-refractivity contribution is -0.385. The fourth-order valence-corrected chi connectivity index (χ4v) is 1.98. The van der Waals surface area contributed by atoms with Crippen molar-refractivity contribution < 1.29 is 24.0 Å². The van der Waals surface area contributed by atoms with Crippen LogP contribution in [0.2, 0.25) is 5.02 Å². The highest BCUT2D eigenvalue weighted by molar-refractivity contribution is 6.30. The van der Waals surface area contributed by atoms with Crippen LogP contribution in [0.5, 0.6) is 0 Å². The molecule has 2 aromatic carbocycles. The molecule has 2 aromatic rings. The lowest BCUT2D eigenvalue weighted by Gasteiger charge is -2.08. The summed E-state index contributed by atoms with van der Waals surface area (Å²) in [5.74, 6) is -2.45. The van der Waals surface area contributed by atoms with Crippen molar-refractivity contribution in [2.45, 2.75) is 0 Å². The van der Waals surface area contributed by atoms with Crippen LogP contribution < -0.4 is 10.9 Å². The fourth-order valence-electron chi connectivity index (χ4n) is 1.85. The standard InChI is InChI=1S/C16H12ClN3O6/c17-11-7-5-10(6-8-11)15(22)19-18-14(21)9-26-16(23)12-3-1-2-4-13(12)20(24)25/h1-8H,9H2,(H,18,21)(H,19,22). The van der Waals surface area contributed by atoms with Crippen LogP contribution >= 0.6 is 11.6 Å². The van der Waals surface area contributed by atoms with E-state index in [-0.39, 0.29) is 11.1 Å². The summed E-state index contributed by atoms with van der Waals surface area (Å²) in [5.41, 5.74) is 3.73. The van der Waals surface area contributed by atoms with Gasteiger partial charge in [-0.1, -0.05) is 23.7 Å². The number of esters is 1. The van der Waals surface area contributed by atoms with E-state index in [9.17, 15) is 24.5 Å². The zero-order valence-corrected chi connectivity index (χ0v) is 13.9. The molecule has 0 fully saturated rings. The number of nitro groups is 1. The number of nitrogens with one attached hydrogen (secondary N) is 2. The molecule has 26 heavy (non-hydrogen) atoms. The Balaban J connectivity index is 1.85. The summed E-state index contributed by atoms with van der Waals surface area (Å²) in [6, 6.07) is 11.1. The molecule has 0 unspecified atom stereocenters. The van der Waals surface area contributed by atoms with Gasteiger partial charge in [-0.2, -0.15) is 0 Å². The monoisotopic (exact) mass is 377 g/mol. The topological polar surface area (TPSA) is 128 Å². The van der Waals surface area contributed by atoms with E-state index in [0.29, 0.717) is 5.02 Å². The Morgan fingerprint density at radius 3 is 2.35 bits per heavy atom. The molecule has 2 N–H and O–H groups in total. The Hall–Kier alpha value is -3.46. The van der Waals surface area contributed by atoms with Gasteiger partial charge in [0.25, 0.3) is 17.5 Å².